The largest absolute Gasteiger partial charge is 0.343 e. The smallest absolute Gasteiger partial charge is 0.250 e. The second kappa shape index (κ2) is 7.32. The molecule has 3 nitrogen and oxygen atoms in total. The molecule has 152 valence electrons. The van der Waals surface area contributed by atoms with Gasteiger partial charge in [0.1, 0.15) is 0 Å². The predicted octanol–water partition coefficient (Wildman–Crippen LogP) is 6.09. The van der Waals surface area contributed by atoms with Crippen LogP contribution in [0.25, 0.3) is 22.2 Å². The van der Waals surface area contributed by atoms with Crippen molar-refractivity contribution < 1.29 is 4.79 Å². The number of carbonyl (C=O) groups excluding carboxylic acids is 1. The van der Waals surface area contributed by atoms with Gasteiger partial charge in [-0.15, -0.1) is 6.58 Å². The molecule has 1 atom stereocenters. The number of carbonyl (C=O) groups is 1. The van der Waals surface area contributed by atoms with Gasteiger partial charge >= 0.3 is 0 Å². The van der Waals surface area contributed by atoms with E-state index >= 15 is 0 Å². The summed E-state index contributed by atoms with van der Waals surface area (Å²) >= 11 is 0. The van der Waals surface area contributed by atoms with Crippen molar-refractivity contribution in [3.05, 3.63) is 83.5 Å². The standard InChI is InChI=1S/C27H28N2O/c1-4-17-29-26(20-9-5-6-10-21(20)27(29)30)24-22-11-7-8-12-23(22)28(3)25(24)19-15-13-18(2)14-16-19/h4,7-8,11-16,26H,1,5-6,9-10,17H2,2-3H3. The van der Waals surface area contributed by atoms with Gasteiger partial charge in [-0.05, 0) is 49.8 Å². The average molecular weight is 397 g/mol. The fraction of sp³-hybridized carbons (Fsp3) is 0.296. The lowest BCUT2D eigenvalue weighted by molar-refractivity contribution is -0.126. The van der Waals surface area contributed by atoms with E-state index < -0.39 is 0 Å². The Morgan fingerprint density at radius 2 is 1.80 bits per heavy atom. The van der Waals surface area contributed by atoms with Crippen LogP contribution in [0.15, 0.2) is 72.3 Å². The van der Waals surface area contributed by atoms with Gasteiger partial charge in [0.25, 0.3) is 5.91 Å². The first-order valence-corrected chi connectivity index (χ1v) is 10.9. The molecule has 2 heterocycles. The second-order valence-electron chi connectivity index (χ2n) is 8.56. The van der Waals surface area contributed by atoms with Crippen molar-refractivity contribution in [3.8, 4) is 11.3 Å². The molecule has 0 saturated carbocycles. The minimum absolute atomic E-state index is 0.00629. The van der Waals surface area contributed by atoms with Gasteiger partial charge in [-0.25, -0.2) is 0 Å². The first-order valence-electron chi connectivity index (χ1n) is 10.9. The Morgan fingerprint density at radius 3 is 2.57 bits per heavy atom. The topological polar surface area (TPSA) is 25.2 Å². The summed E-state index contributed by atoms with van der Waals surface area (Å²) in [5, 5.41) is 1.24. The predicted molar refractivity (Wildman–Crippen MR) is 123 cm³/mol. The zero-order chi connectivity index (χ0) is 20.8. The molecule has 5 rings (SSSR count). The highest BCUT2D eigenvalue weighted by Crippen LogP contribution is 2.49. The maximum absolute atomic E-state index is 13.4. The van der Waals surface area contributed by atoms with E-state index in [1.165, 1.54) is 38.9 Å². The van der Waals surface area contributed by atoms with Crippen molar-refractivity contribution in [3.63, 3.8) is 0 Å². The molecule has 3 heteroatoms. The van der Waals surface area contributed by atoms with Crippen molar-refractivity contribution in [2.75, 3.05) is 6.54 Å². The molecule has 2 aromatic carbocycles. The number of rotatable bonds is 4. The van der Waals surface area contributed by atoms with E-state index in [-0.39, 0.29) is 11.9 Å². The molecule has 1 aliphatic heterocycles. The van der Waals surface area contributed by atoms with Crippen LogP contribution in [0.2, 0.25) is 0 Å². The SMILES string of the molecule is C=CCN1C(=O)C2=C(CCCC2)C1c1c(-c2ccc(C)cc2)n(C)c2ccccc12. The summed E-state index contributed by atoms with van der Waals surface area (Å²) in [6, 6.07) is 17.3. The van der Waals surface area contributed by atoms with E-state index in [1.54, 1.807) is 0 Å². The molecule has 2 aliphatic rings. The van der Waals surface area contributed by atoms with E-state index in [2.05, 4.69) is 73.6 Å². The van der Waals surface area contributed by atoms with Gasteiger partial charge in [-0.3, -0.25) is 4.79 Å². The fourth-order valence-electron chi connectivity index (χ4n) is 5.37. The molecule has 0 N–H and O–H groups in total. The molecule has 1 aliphatic carbocycles. The van der Waals surface area contributed by atoms with Crippen LogP contribution in [0.1, 0.15) is 42.9 Å². The maximum Gasteiger partial charge on any atom is 0.250 e. The number of hydrogen-bond acceptors (Lipinski definition) is 1. The van der Waals surface area contributed by atoms with E-state index in [0.717, 1.165) is 31.3 Å². The Kier molecular flexibility index (Phi) is 4.62. The molecule has 0 bridgehead atoms. The number of amides is 1. The van der Waals surface area contributed by atoms with Crippen LogP contribution in [0, 0.1) is 6.92 Å². The molecular weight excluding hydrogens is 368 g/mol. The molecule has 1 unspecified atom stereocenters. The van der Waals surface area contributed by atoms with E-state index in [9.17, 15) is 4.79 Å². The van der Waals surface area contributed by atoms with Gasteiger partial charge < -0.3 is 9.47 Å². The third-order valence-corrected chi connectivity index (χ3v) is 6.74. The molecule has 30 heavy (non-hydrogen) atoms. The van der Waals surface area contributed by atoms with Gasteiger partial charge in [0.05, 0.1) is 11.7 Å². The molecule has 0 fully saturated rings. The zero-order valence-electron chi connectivity index (χ0n) is 17.8. The van der Waals surface area contributed by atoms with Gasteiger partial charge in [-0.2, -0.15) is 0 Å². The average Bonchev–Trinajstić information content (AvgIpc) is 3.21. The van der Waals surface area contributed by atoms with Crippen molar-refractivity contribution >= 4 is 16.8 Å². The lowest BCUT2D eigenvalue weighted by atomic mass is 9.86. The molecule has 0 spiro atoms. The van der Waals surface area contributed by atoms with Crippen LogP contribution in [0.4, 0.5) is 0 Å². The number of benzene rings is 2. The highest BCUT2D eigenvalue weighted by Gasteiger charge is 2.42. The third-order valence-electron chi connectivity index (χ3n) is 6.74. The van der Waals surface area contributed by atoms with E-state index in [4.69, 9.17) is 0 Å². The summed E-state index contributed by atoms with van der Waals surface area (Å²) in [4.78, 5) is 15.4. The van der Waals surface area contributed by atoms with Gasteiger partial charge in [0, 0.05) is 35.6 Å². The third kappa shape index (κ3) is 2.76. The highest BCUT2D eigenvalue weighted by atomic mass is 16.2. The Hall–Kier alpha value is -3.07. The van der Waals surface area contributed by atoms with Crippen molar-refractivity contribution in [2.24, 2.45) is 7.05 Å². The lowest BCUT2D eigenvalue weighted by Gasteiger charge is -2.28. The molecular formula is C27H28N2O. The zero-order valence-corrected chi connectivity index (χ0v) is 17.8. The van der Waals surface area contributed by atoms with Gasteiger partial charge in [0.2, 0.25) is 0 Å². The Labute approximate surface area is 178 Å². The van der Waals surface area contributed by atoms with Gasteiger partial charge in [0.15, 0.2) is 0 Å². The summed E-state index contributed by atoms with van der Waals surface area (Å²) in [6.07, 6.45) is 6.05. The van der Waals surface area contributed by atoms with Crippen LogP contribution >= 0.6 is 0 Å². The number of aryl methyl sites for hydroxylation is 2. The Morgan fingerprint density at radius 1 is 1.07 bits per heavy atom. The number of fused-ring (bicyclic) bond motifs is 1. The quantitative estimate of drug-likeness (QED) is 0.490. The molecule has 0 saturated heterocycles. The minimum Gasteiger partial charge on any atom is -0.343 e. The molecule has 0 radical (unpaired) electrons. The number of para-hydroxylation sites is 1. The highest BCUT2D eigenvalue weighted by molar-refractivity contribution is 6.01. The van der Waals surface area contributed by atoms with Crippen LogP contribution < -0.4 is 0 Å². The number of hydrogen-bond donors (Lipinski definition) is 0. The van der Waals surface area contributed by atoms with E-state index in [0.29, 0.717) is 6.54 Å². The van der Waals surface area contributed by atoms with Crippen LogP contribution in [-0.2, 0) is 11.8 Å². The first kappa shape index (κ1) is 18.9. The second-order valence-corrected chi connectivity index (χ2v) is 8.56. The minimum atomic E-state index is -0.00629. The monoisotopic (exact) mass is 396 g/mol. The first-order chi connectivity index (χ1) is 14.6. The van der Waals surface area contributed by atoms with Crippen LogP contribution in [-0.4, -0.2) is 21.9 Å². The molecule has 1 amide bonds. The fourth-order valence-corrected chi connectivity index (χ4v) is 5.37. The number of nitrogens with zero attached hydrogens (tertiary/aromatic N) is 2. The van der Waals surface area contributed by atoms with E-state index in [1.807, 2.05) is 11.0 Å². The molecule has 1 aromatic heterocycles. The Bertz CT molecular complexity index is 1180. The molecule has 3 aromatic rings. The summed E-state index contributed by atoms with van der Waals surface area (Å²) < 4.78 is 2.30. The Balaban J connectivity index is 1.82. The summed E-state index contributed by atoms with van der Waals surface area (Å²) in [5.41, 5.74) is 8.51. The summed E-state index contributed by atoms with van der Waals surface area (Å²) in [5.74, 6) is 0.206. The summed E-state index contributed by atoms with van der Waals surface area (Å²) in [6.45, 7) is 6.64. The summed E-state index contributed by atoms with van der Waals surface area (Å²) in [7, 11) is 2.14. The normalized spacial score (nSPS) is 18.9. The van der Waals surface area contributed by atoms with Crippen molar-refractivity contribution in [1.29, 1.82) is 0 Å². The van der Waals surface area contributed by atoms with Crippen LogP contribution in [0.3, 0.4) is 0 Å². The maximum atomic E-state index is 13.4. The van der Waals surface area contributed by atoms with Crippen molar-refractivity contribution in [1.82, 2.24) is 9.47 Å². The number of aromatic nitrogens is 1. The van der Waals surface area contributed by atoms with Crippen LogP contribution in [0.5, 0.6) is 0 Å². The van der Waals surface area contributed by atoms with Crippen molar-refractivity contribution in [2.45, 2.75) is 38.6 Å². The lowest BCUT2D eigenvalue weighted by Crippen LogP contribution is -2.30. The van der Waals surface area contributed by atoms with Gasteiger partial charge in [-0.1, -0.05) is 54.1 Å².